The van der Waals surface area contributed by atoms with Crippen molar-refractivity contribution in [2.75, 3.05) is 6.61 Å². The molecule has 0 saturated carbocycles. The van der Waals surface area contributed by atoms with Crippen molar-refractivity contribution in [3.63, 3.8) is 0 Å². The van der Waals surface area contributed by atoms with E-state index in [1.807, 2.05) is 0 Å². The topological polar surface area (TPSA) is 79.2 Å². The van der Waals surface area contributed by atoms with E-state index in [1.165, 1.54) is 0 Å². The molecule has 0 aromatic heterocycles. The van der Waals surface area contributed by atoms with Crippen LogP contribution in [0.15, 0.2) is 0 Å². The highest BCUT2D eigenvalue weighted by Crippen LogP contribution is 2.19. The first kappa shape index (κ1) is 9.62. The lowest BCUT2D eigenvalue weighted by atomic mass is 10.1. The molecule has 4 atom stereocenters. The van der Waals surface area contributed by atoms with Gasteiger partial charge < -0.3 is 23.1 Å². The van der Waals surface area contributed by atoms with Crippen LogP contribution in [0, 0.1) is 0 Å². The molecule has 1 rings (SSSR count). The van der Waals surface area contributed by atoms with Crippen molar-refractivity contribution in [3.8, 4) is 0 Å². The van der Waals surface area contributed by atoms with E-state index < -0.39 is 24.6 Å². The summed E-state index contributed by atoms with van der Waals surface area (Å²) in [6.07, 6.45) is -4.25. The zero-order chi connectivity index (χ0) is 8.43. The maximum Gasteiger partial charge on any atom is 0.184 e. The molecule has 6 heteroatoms. The van der Waals surface area contributed by atoms with Gasteiger partial charge in [0.1, 0.15) is 41.3 Å². The molecule has 1 fully saturated rings. The fourth-order valence-corrected chi connectivity index (χ4v) is 1.28. The number of ether oxygens (including phenoxy) is 1. The van der Waals surface area contributed by atoms with Crippen LogP contribution < -0.4 is 0 Å². The first-order valence-electron chi connectivity index (χ1n) is 3.10. The van der Waals surface area contributed by atoms with E-state index in [0.717, 1.165) is 0 Å². The Kier molecular flexibility index (Phi) is 3.47. The molecule has 0 aromatic rings. The first-order chi connectivity index (χ1) is 5.16. The molecule has 0 amide bonds. The molecule has 0 aliphatic carbocycles. The maximum atomic E-state index is 9.14. The van der Waals surface area contributed by atoms with Crippen molar-refractivity contribution < 1.29 is 23.1 Å². The quantitative estimate of drug-likeness (QED) is 0.552. The zero-order valence-corrected chi connectivity index (χ0v) is 7.71. The molecule has 5 nitrogen and oxygen atoms in total. The number of hydrogen-bond acceptors (Lipinski definition) is 5. The van der Waals surface area contributed by atoms with Crippen LogP contribution >= 0.6 is 23.0 Å². The molecule has 11 heavy (non-hydrogen) atoms. The average Bonchev–Trinajstić information content (AvgIpc) is 2.19. The van der Waals surface area contributed by atoms with Crippen LogP contribution in [0.2, 0.25) is 0 Å². The third-order valence-corrected chi connectivity index (χ3v) is 1.92. The van der Waals surface area contributed by atoms with Gasteiger partial charge in [-0.15, -0.1) is 0 Å². The molecule has 0 spiro atoms. The van der Waals surface area contributed by atoms with Gasteiger partial charge >= 0.3 is 0 Å². The fraction of sp³-hybridized carbons (Fsp3) is 1.00. The smallest absolute Gasteiger partial charge is 0.184 e. The van der Waals surface area contributed by atoms with Gasteiger partial charge in [-0.1, -0.05) is 0 Å². The van der Waals surface area contributed by atoms with Gasteiger partial charge in [0.15, 0.2) is 6.29 Å². The van der Waals surface area contributed by atoms with Crippen molar-refractivity contribution in [1.29, 1.82) is 0 Å². The summed E-state index contributed by atoms with van der Waals surface area (Å²) in [5.74, 6) is 0. The van der Waals surface area contributed by atoms with E-state index in [0.29, 0.717) is 0 Å². The minimum Gasteiger partial charge on any atom is -0.387 e. The Balaban J connectivity index is 2.45. The summed E-state index contributed by atoms with van der Waals surface area (Å²) < 4.78 is 9.41. The maximum absolute atomic E-state index is 9.14. The summed E-state index contributed by atoms with van der Waals surface area (Å²) in [4.78, 5) is 0. The second-order valence-corrected chi connectivity index (χ2v) is 2.94. The van der Waals surface area contributed by atoms with Crippen LogP contribution in [0.1, 0.15) is 0 Å². The lowest BCUT2D eigenvalue weighted by Crippen LogP contribution is -2.33. The molecule has 1 aliphatic rings. The molecule has 66 valence electrons. The van der Waals surface area contributed by atoms with E-state index in [-0.39, 0.29) is 6.61 Å². The van der Waals surface area contributed by atoms with E-state index in [4.69, 9.17) is 20.1 Å². The third-order valence-electron chi connectivity index (χ3n) is 1.56. The molecule has 1 saturated heterocycles. The van der Waals surface area contributed by atoms with Crippen LogP contribution in [-0.2, 0) is 7.80 Å². The van der Waals surface area contributed by atoms with E-state index in [2.05, 4.69) is 3.07 Å². The number of halogens is 1. The van der Waals surface area contributed by atoms with Gasteiger partial charge in [0.05, 0.1) is 6.61 Å². The fourth-order valence-electron chi connectivity index (χ4n) is 0.929. The SMILES string of the molecule is OC1O[C@H](COI)[C@@H](O)[C@H]1O. The van der Waals surface area contributed by atoms with Gasteiger partial charge in [-0.25, -0.2) is 0 Å². The summed E-state index contributed by atoms with van der Waals surface area (Å²) >= 11 is 1.65. The molecule has 0 aromatic carbocycles. The van der Waals surface area contributed by atoms with Gasteiger partial charge in [-0.2, -0.15) is 0 Å². The molecule has 3 N–H and O–H groups in total. The van der Waals surface area contributed by atoms with Crippen molar-refractivity contribution in [2.45, 2.75) is 24.6 Å². The Morgan fingerprint density at radius 3 is 2.27 bits per heavy atom. The highest BCUT2D eigenvalue weighted by atomic mass is 127. The second kappa shape index (κ2) is 3.97. The Hall–Kier alpha value is 0.530. The summed E-state index contributed by atoms with van der Waals surface area (Å²) in [5, 5.41) is 27.0. The van der Waals surface area contributed by atoms with Gasteiger partial charge in [0, 0.05) is 0 Å². The Morgan fingerprint density at radius 2 is 1.91 bits per heavy atom. The van der Waals surface area contributed by atoms with Crippen LogP contribution in [0.3, 0.4) is 0 Å². The summed E-state index contributed by atoms with van der Waals surface area (Å²) in [6.45, 7) is 0.149. The normalized spacial score (nSPS) is 44.7. The number of aliphatic hydroxyl groups is 3. The summed E-state index contributed by atoms with van der Waals surface area (Å²) in [6, 6.07) is 0. The largest absolute Gasteiger partial charge is 0.387 e. The Morgan fingerprint density at radius 1 is 1.27 bits per heavy atom. The van der Waals surface area contributed by atoms with Crippen molar-refractivity contribution in [3.05, 3.63) is 0 Å². The molecule has 1 aliphatic heterocycles. The first-order valence-corrected chi connectivity index (χ1v) is 3.98. The van der Waals surface area contributed by atoms with Gasteiger partial charge in [-0.05, 0) is 0 Å². The predicted octanol–water partition coefficient (Wildman–Crippen LogP) is -1.21. The molecule has 0 radical (unpaired) electrons. The molecule has 1 unspecified atom stereocenters. The molecule has 1 heterocycles. The third kappa shape index (κ3) is 2.01. The predicted molar refractivity (Wildman–Crippen MR) is 42.9 cm³/mol. The monoisotopic (exact) mass is 276 g/mol. The molecular formula is C5H9IO5. The highest BCUT2D eigenvalue weighted by molar-refractivity contribution is 14.1. The van der Waals surface area contributed by atoms with E-state index >= 15 is 0 Å². The minimum atomic E-state index is -1.30. The number of rotatable bonds is 2. The number of hydrogen-bond donors (Lipinski definition) is 3. The number of aliphatic hydroxyl groups excluding tert-OH is 3. The highest BCUT2D eigenvalue weighted by Gasteiger charge is 2.41. The van der Waals surface area contributed by atoms with Crippen LogP contribution in [-0.4, -0.2) is 46.5 Å². The van der Waals surface area contributed by atoms with Crippen molar-refractivity contribution >= 4 is 23.0 Å². The zero-order valence-electron chi connectivity index (χ0n) is 5.55. The van der Waals surface area contributed by atoms with Crippen LogP contribution in [0.4, 0.5) is 0 Å². The molecule has 0 bridgehead atoms. The minimum absolute atomic E-state index is 0.149. The van der Waals surface area contributed by atoms with Gasteiger partial charge in [0.25, 0.3) is 0 Å². The standard InChI is InChI=1S/C5H9IO5/c6-10-1-2-3(7)4(8)5(9)11-2/h2-5,7-9H,1H2/t2-,3-,4-,5?/m1/s1. The average molecular weight is 276 g/mol. The van der Waals surface area contributed by atoms with Crippen molar-refractivity contribution in [1.82, 2.24) is 0 Å². The summed E-state index contributed by atoms with van der Waals surface area (Å²) in [5.41, 5.74) is 0. The van der Waals surface area contributed by atoms with Crippen LogP contribution in [0.25, 0.3) is 0 Å². The summed E-state index contributed by atoms with van der Waals surface area (Å²) in [7, 11) is 0. The second-order valence-electron chi connectivity index (χ2n) is 2.32. The lowest BCUT2D eigenvalue weighted by molar-refractivity contribution is -0.130. The van der Waals surface area contributed by atoms with E-state index in [1.54, 1.807) is 23.0 Å². The Labute approximate surface area is 77.6 Å². The molecular weight excluding hydrogens is 267 g/mol. The lowest BCUT2D eigenvalue weighted by Gasteiger charge is -2.11. The van der Waals surface area contributed by atoms with Gasteiger partial charge in [-0.3, -0.25) is 0 Å². The van der Waals surface area contributed by atoms with Crippen molar-refractivity contribution in [2.24, 2.45) is 0 Å². The van der Waals surface area contributed by atoms with Crippen LogP contribution in [0.5, 0.6) is 0 Å². The van der Waals surface area contributed by atoms with Gasteiger partial charge in [0.2, 0.25) is 0 Å². The van der Waals surface area contributed by atoms with E-state index in [9.17, 15) is 0 Å². The Bertz CT molecular complexity index is 132.